The standard InChI is InChI=1S/C21H24N4O/c1-3-26-18-8-10-25(14-18)21-11-15(2)23-20-12-16(6-7-19(20)21)24-17-5-4-9-22-13-17/h4-7,9,11-13,18,24H,3,8,10,14H2,1-2H3/t18-/m0/s1. The fourth-order valence-corrected chi connectivity index (χ4v) is 3.60. The molecule has 1 fully saturated rings. The van der Waals surface area contributed by atoms with Crippen molar-refractivity contribution in [1.82, 2.24) is 9.97 Å². The summed E-state index contributed by atoms with van der Waals surface area (Å²) < 4.78 is 5.81. The van der Waals surface area contributed by atoms with Gasteiger partial charge in [-0.25, -0.2) is 0 Å². The molecule has 1 N–H and O–H groups in total. The summed E-state index contributed by atoms with van der Waals surface area (Å²) in [4.78, 5) is 11.3. The molecule has 0 radical (unpaired) electrons. The van der Waals surface area contributed by atoms with Crippen molar-refractivity contribution in [3.8, 4) is 0 Å². The minimum absolute atomic E-state index is 0.329. The van der Waals surface area contributed by atoms with Crippen LogP contribution in [0.25, 0.3) is 10.9 Å². The van der Waals surface area contributed by atoms with Gasteiger partial charge in [-0.05, 0) is 56.7 Å². The van der Waals surface area contributed by atoms with E-state index >= 15 is 0 Å². The van der Waals surface area contributed by atoms with Crippen LogP contribution in [0.3, 0.4) is 0 Å². The van der Waals surface area contributed by atoms with Crippen LogP contribution < -0.4 is 10.2 Å². The van der Waals surface area contributed by atoms with Gasteiger partial charge in [0.15, 0.2) is 0 Å². The van der Waals surface area contributed by atoms with E-state index in [4.69, 9.17) is 9.72 Å². The minimum atomic E-state index is 0.329. The quantitative estimate of drug-likeness (QED) is 0.745. The van der Waals surface area contributed by atoms with Crippen LogP contribution in [0.2, 0.25) is 0 Å². The zero-order valence-corrected chi connectivity index (χ0v) is 15.3. The zero-order valence-electron chi connectivity index (χ0n) is 15.3. The van der Waals surface area contributed by atoms with Gasteiger partial charge in [-0.15, -0.1) is 0 Å². The molecule has 2 aromatic heterocycles. The van der Waals surface area contributed by atoms with Crippen LogP contribution in [0.15, 0.2) is 48.8 Å². The van der Waals surface area contributed by atoms with E-state index in [9.17, 15) is 0 Å². The normalized spacial score (nSPS) is 17.0. The van der Waals surface area contributed by atoms with Crippen LogP contribution in [0.5, 0.6) is 0 Å². The van der Waals surface area contributed by atoms with Gasteiger partial charge in [0.2, 0.25) is 0 Å². The minimum Gasteiger partial charge on any atom is -0.377 e. The molecule has 0 amide bonds. The molecule has 0 spiro atoms. The Morgan fingerprint density at radius 1 is 1.23 bits per heavy atom. The first kappa shape index (κ1) is 16.8. The molecule has 0 saturated carbocycles. The van der Waals surface area contributed by atoms with E-state index in [1.807, 2.05) is 18.3 Å². The smallest absolute Gasteiger partial charge is 0.0766 e. The third-order valence-corrected chi connectivity index (χ3v) is 4.75. The summed E-state index contributed by atoms with van der Waals surface area (Å²) in [5.41, 5.74) is 5.28. The van der Waals surface area contributed by atoms with E-state index < -0.39 is 0 Å². The fraction of sp³-hybridized carbons (Fsp3) is 0.333. The summed E-state index contributed by atoms with van der Waals surface area (Å²) >= 11 is 0. The molecule has 5 heteroatoms. The lowest BCUT2D eigenvalue weighted by Crippen LogP contribution is -2.23. The second-order valence-corrected chi connectivity index (χ2v) is 6.69. The second-order valence-electron chi connectivity index (χ2n) is 6.69. The second kappa shape index (κ2) is 7.30. The van der Waals surface area contributed by atoms with Crippen molar-refractivity contribution < 1.29 is 4.74 Å². The van der Waals surface area contributed by atoms with Gasteiger partial charge >= 0.3 is 0 Å². The Balaban J connectivity index is 1.65. The van der Waals surface area contributed by atoms with Gasteiger partial charge in [0.05, 0.1) is 23.5 Å². The van der Waals surface area contributed by atoms with Gasteiger partial charge in [-0.3, -0.25) is 9.97 Å². The van der Waals surface area contributed by atoms with Crippen molar-refractivity contribution in [1.29, 1.82) is 0 Å². The maximum atomic E-state index is 5.81. The number of aromatic nitrogens is 2. The maximum absolute atomic E-state index is 5.81. The zero-order chi connectivity index (χ0) is 17.9. The molecule has 1 saturated heterocycles. The van der Waals surface area contributed by atoms with E-state index in [2.05, 4.69) is 53.3 Å². The van der Waals surface area contributed by atoms with Crippen LogP contribution >= 0.6 is 0 Å². The summed E-state index contributed by atoms with van der Waals surface area (Å²) in [5.74, 6) is 0. The SMILES string of the molecule is CCO[C@H]1CCN(c2cc(C)nc3cc(Nc4cccnc4)ccc23)C1. The van der Waals surface area contributed by atoms with Gasteiger partial charge in [-0.1, -0.05) is 0 Å². The van der Waals surface area contributed by atoms with Crippen LogP contribution in [-0.4, -0.2) is 35.8 Å². The molecule has 26 heavy (non-hydrogen) atoms. The Morgan fingerprint density at radius 3 is 2.96 bits per heavy atom. The predicted molar refractivity (Wildman–Crippen MR) is 106 cm³/mol. The molecule has 4 rings (SSSR count). The number of rotatable bonds is 5. The molecule has 5 nitrogen and oxygen atoms in total. The van der Waals surface area contributed by atoms with Crippen molar-refractivity contribution in [2.75, 3.05) is 29.9 Å². The number of pyridine rings is 2. The van der Waals surface area contributed by atoms with Gasteiger partial charge in [0.1, 0.15) is 0 Å². The molecule has 0 unspecified atom stereocenters. The van der Waals surface area contributed by atoms with Crippen molar-refractivity contribution in [2.45, 2.75) is 26.4 Å². The van der Waals surface area contributed by atoms with Gasteiger partial charge in [-0.2, -0.15) is 0 Å². The Morgan fingerprint density at radius 2 is 2.15 bits per heavy atom. The highest BCUT2D eigenvalue weighted by Gasteiger charge is 2.24. The van der Waals surface area contributed by atoms with Crippen molar-refractivity contribution in [3.05, 3.63) is 54.5 Å². The first-order chi connectivity index (χ1) is 12.7. The van der Waals surface area contributed by atoms with E-state index in [1.54, 1.807) is 6.20 Å². The van der Waals surface area contributed by atoms with E-state index in [-0.39, 0.29) is 0 Å². The van der Waals surface area contributed by atoms with Crippen molar-refractivity contribution >= 4 is 28.0 Å². The third-order valence-electron chi connectivity index (χ3n) is 4.75. The molecule has 1 aliphatic rings. The molecular weight excluding hydrogens is 324 g/mol. The third kappa shape index (κ3) is 3.48. The Hall–Kier alpha value is -2.66. The summed E-state index contributed by atoms with van der Waals surface area (Å²) in [6.45, 7) is 6.87. The van der Waals surface area contributed by atoms with E-state index in [1.165, 1.54) is 11.1 Å². The predicted octanol–water partition coefficient (Wildman–Crippen LogP) is 4.30. The lowest BCUT2D eigenvalue weighted by Gasteiger charge is -2.21. The van der Waals surface area contributed by atoms with E-state index in [0.717, 1.165) is 48.7 Å². The molecule has 134 valence electrons. The average Bonchev–Trinajstić information content (AvgIpc) is 3.10. The molecule has 0 bridgehead atoms. The number of fused-ring (bicyclic) bond motifs is 1. The Bertz CT molecular complexity index is 897. The number of ether oxygens (including phenoxy) is 1. The monoisotopic (exact) mass is 348 g/mol. The molecule has 3 heterocycles. The number of hydrogen-bond acceptors (Lipinski definition) is 5. The van der Waals surface area contributed by atoms with Crippen LogP contribution in [0.4, 0.5) is 17.1 Å². The maximum Gasteiger partial charge on any atom is 0.0766 e. The fourth-order valence-electron chi connectivity index (χ4n) is 3.60. The molecule has 3 aromatic rings. The topological polar surface area (TPSA) is 50.3 Å². The summed E-state index contributed by atoms with van der Waals surface area (Å²) in [6.07, 6.45) is 5.00. The van der Waals surface area contributed by atoms with Crippen molar-refractivity contribution in [3.63, 3.8) is 0 Å². The van der Waals surface area contributed by atoms with Gasteiger partial charge < -0.3 is 15.0 Å². The highest BCUT2D eigenvalue weighted by atomic mass is 16.5. The molecule has 1 atom stereocenters. The lowest BCUT2D eigenvalue weighted by atomic mass is 10.1. The largest absolute Gasteiger partial charge is 0.377 e. The highest BCUT2D eigenvalue weighted by molar-refractivity contribution is 5.94. The first-order valence-corrected chi connectivity index (χ1v) is 9.18. The molecule has 1 aliphatic heterocycles. The van der Waals surface area contributed by atoms with E-state index in [0.29, 0.717) is 6.10 Å². The van der Waals surface area contributed by atoms with Crippen LogP contribution in [0, 0.1) is 6.92 Å². The Kier molecular flexibility index (Phi) is 4.71. The van der Waals surface area contributed by atoms with Gasteiger partial charge in [0, 0.05) is 48.3 Å². The Labute approximate surface area is 154 Å². The molecule has 0 aliphatic carbocycles. The summed E-state index contributed by atoms with van der Waals surface area (Å²) in [7, 11) is 0. The van der Waals surface area contributed by atoms with Crippen LogP contribution in [0.1, 0.15) is 19.0 Å². The molecule has 1 aromatic carbocycles. The number of nitrogens with one attached hydrogen (secondary N) is 1. The highest BCUT2D eigenvalue weighted by Crippen LogP contribution is 2.32. The summed E-state index contributed by atoms with van der Waals surface area (Å²) in [6, 6.07) is 12.5. The number of aryl methyl sites for hydroxylation is 1. The van der Waals surface area contributed by atoms with Gasteiger partial charge in [0.25, 0.3) is 0 Å². The van der Waals surface area contributed by atoms with Crippen molar-refractivity contribution in [2.24, 2.45) is 0 Å². The number of nitrogens with zero attached hydrogens (tertiary/aromatic N) is 3. The number of hydrogen-bond donors (Lipinski definition) is 1. The molecular formula is C21H24N4O. The number of benzene rings is 1. The average molecular weight is 348 g/mol. The lowest BCUT2D eigenvalue weighted by molar-refractivity contribution is 0.0788. The first-order valence-electron chi connectivity index (χ1n) is 9.18. The number of anilines is 3. The van der Waals surface area contributed by atoms with Crippen LogP contribution in [-0.2, 0) is 4.74 Å². The summed E-state index contributed by atoms with van der Waals surface area (Å²) in [5, 5.41) is 4.58.